The number of nitrogens with zero attached hydrogens (tertiary/aromatic N) is 4. The van der Waals surface area contributed by atoms with E-state index in [4.69, 9.17) is 0 Å². The second kappa shape index (κ2) is 3.69. The maximum absolute atomic E-state index is 4.55. The summed E-state index contributed by atoms with van der Waals surface area (Å²) in [6, 6.07) is 10.1. The minimum absolute atomic E-state index is 0.441. The summed E-state index contributed by atoms with van der Waals surface area (Å²) in [6.07, 6.45) is 2.43. The van der Waals surface area contributed by atoms with Crippen molar-refractivity contribution < 1.29 is 4.63 Å². The summed E-state index contributed by atoms with van der Waals surface area (Å²) in [6.45, 7) is 0. The second-order valence-electron chi connectivity index (χ2n) is 3.44. The van der Waals surface area contributed by atoms with E-state index < -0.39 is 0 Å². The third-order valence-corrected chi connectivity index (χ3v) is 2.27. The van der Waals surface area contributed by atoms with Gasteiger partial charge in [-0.25, -0.2) is 14.6 Å². The zero-order valence-corrected chi connectivity index (χ0v) is 8.37. The van der Waals surface area contributed by atoms with Crippen molar-refractivity contribution in [1.29, 1.82) is 0 Å². The van der Waals surface area contributed by atoms with E-state index in [0.717, 1.165) is 12.1 Å². The van der Waals surface area contributed by atoms with Crippen LogP contribution < -0.4 is 0 Å². The van der Waals surface area contributed by atoms with Crippen LogP contribution in [0, 0.1) is 0 Å². The first-order valence-electron chi connectivity index (χ1n) is 4.90. The normalized spacial score (nSPS) is 10.8. The fourth-order valence-corrected chi connectivity index (χ4v) is 1.52. The Balaban J connectivity index is 1.94. The summed E-state index contributed by atoms with van der Waals surface area (Å²) in [5.74, 6) is 0. The average Bonchev–Trinajstić information content (AvgIpc) is 2.77. The van der Waals surface area contributed by atoms with Crippen LogP contribution in [0.5, 0.6) is 0 Å². The molecule has 0 fully saturated rings. The molecule has 0 spiro atoms. The minimum atomic E-state index is 0.441. The van der Waals surface area contributed by atoms with Gasteiger partial charge in [-0.3, -0.25) is 0 Å². The van der Waals surface area contributed by atoms with Gasteiger partial charge < -0.3 is 0 Å². The van der Waals surface area contributed by atoms with Crippen LogP contribution in [-0.2, 0) is 6.42 Å². The van der Waals surface area contributed by atoms with E-state index in [1.54, 1.807) is 6.20 Å². The van der Waals surface area contributed by atoms with E-state index in [1.165, 1.54) is 5.56 Å². The zero-order valence-electron chi connectivity index (χ0n) is 8.37. The van der Waals surface area contributed by atoms with Gasteiger partial charge in [-0.15, -0.1) is 0 Å². The topological polar surface area (TPSA) is 64.7 Å². The van der Waals surface area contributed by atoms with Crippen molar-refractivity contribution in [2.75, 3.05) is 0 Å². The predicted molar refractivity (Wildman–Crippen MR) is 56.6 cm³/mol. The number of hydrogen-bond acceptors (Lipinski definition) is 5. The van der Waals surface area contributed by atoms with Crippen molar-refractivity contribution in [3.63, 3.8) is 0 Å². The highest BCUT2D eigenvalue weighted by Gasteiger charge is 2.05. The summed E-state index contributed by atoms with van der Waals surface area (Å²) in [5.41, 5.74) is 2.94. The smallest absolute Gasteiger partial charge is 0.240 e. The van der Waals surface area contributed by atoms with Crippen LogP contribution in [0.15, 0.2) is 41.2 Å². The molecule has 5 nitrogen and oxygen atoms in total. The van der Waals surface area contributed by atoms with Crippen LogP contribution in [0.1, 0.15) is 11.3 Å². The Bertz CT molecular complexity index is 605. The maximum atomic E-state index is 4.55. The van der Waals surface area contributed by atoms with Crippen LogP contribution in [0.3, 0.4) is 0 Å². The van der Waals surface area contributed by atoms with Gasteiger partial charge in [-0.2, -0.15) is 0 Å². The second-order valence-corrected chi connectivity index (χ2v) is 3.44. The lowest BCUT2D eigenvalue weighted by Crippen LogP contribution is -1.94. The third-order valence-electron chi connectivity index (χ3n) is 2.27. The Hall–Kier alpha value is -2.30. The molecule has 16 heavy (non-hydrogen) atoms. The van der Waals surface area contributed by atoms with E-state index in [9.17, 15) is 0 Å². The van der Waals surface area contributed by atoms with Gasteiger partial charge in [0.25, 0.3) is 0 Å². The van der Waals surface area contributed by atoms with Gasteiger partial charge in [-0.05, 0) is 15.9 Å². The summed E-state index contributed by atoms with van der Waals surface area (Å²) in [7, 11) is 0. The SMILES string of the molecule is c1ccc(Cc2cnc3nonc3n2)cc1. The van der Waals surface area contributed by atoms with Crippen LogP contribution in [0.4, 0.5) is 0 Å². The summed E-state index contributed by atoms with van der Waals surface area (Å²) in [5, 5.41) is 7.27. The Morgan fingerprint density at radius 1 is 1.00 bits per heavy atom. The third kappa shape index (κ3) is 1.63. The van der Waals surface area contributed by atoms with Crippen LogP contribution >= 0.6 is 0 Å². The zero-order chi connectivity index (χ0) is 10.8. The van der Waals surface area contributed by atoms with Crippen molar-refractivity contribution in [1.82, 2.24) is 20.3 Å². The molecule has 1 aromatic carbocycles. The predicted octanol–water partition coefficient (Wildman–Crippen LogP) is 1.60. The molecular weight excluding hydrogens is 204 g/mol. The molecule has 0 radical (unpaired) electrons. The van der Waals surface area contributed by atoms with Crippen molar-refractivity contribution in [3.8, 4) is 0 Å². The Labute approximate surface area is 91.1 Å². The molecule has 0 aliphatic rings. The van der Waals surface area contributed by atoms with Crippen molar-refractivity contribution in [2.45, 2.75) is 6.42 Å². The average molecular weight is 212 g/mol. The summed E-state index contributed by atoms with van der Waals surface area (Å²) < 4.78 is 4.55. The molecule has 0 atom stereocenters. The molecule has 0 aliphatic carbocycles. The van der Waals surface area contributed by atoms with Gasteiger partial charge in [0.15, 0.2) is 0 Å². The lowest BCUT2D eigenvalue weighted by atomic mass is 10.1. The molecule has 3 aromatic rings. The van der Waals surface area contributed by atoms with Gasteiger partial charge in [0.05, 0.1) is 11.9 Å². The molecule has 0 saturated carbocycles. The molecule has 2 aromatic heterocycles. The van der Waals surface area contributed by atoms with Gasteiger partial charge in [-0.1, -0.05) is 30.3 Å². The molecule has 2 heterocycles. The Kier molecular flexibility index (Phi) is 2.07. The van der Waals surface area contributed by atoms with Crippen LogP contribution in [-0.4, -0.2) is 20.3 Å². The number of hydrogen-bond donors (Lipinski definition) is 0. The lowest BCUT2D eigenvalue weighted by molar-refractivity contribution is 0.314. The van der Waals surface area contributed by atoms with Crippen molar-refractivity contribution >= 4 is 11.3 Å². The summed E-state index contributed by atoms with van der Waals surface area (Å²) >= 11 is 0. The molecule has 0 bridgehead atoms. The first-order chi connectivity index (χ1) is 7.92. The molecular formula is C11H8N4O. The minimum Gasteiger partial charge on any atom is -0.240 e. The van der Waals surface area contributed by atoms with Crippen molar-refractivity contribution in [3.05, 3.63) is 47.8 Å². The fourth-order valence-electron chi connectivity index (χ4n) is 1.52. The Morgan fingerprint density at radius 3 is 2.69 bits per heavy atom. The monoisotopic (exact) mass is 212 g/mol. The molecule has 0 amide bonds. The summed E-state index contributed by atoms with van der Waals surface area (Å²) in [4.78, 5) is 8.41. The largest absolute Gasteiger partial charge is 0.243 e. The highest BCUT2D eigenvalue weighted by atomic mass is 16.6. The van der Waals surface area contributed by atoms with Gasteiger partial charge in [0.1, 0.15) is 0 Å². The van der Waals surface area contributed by atoms with E-state index in [0.29, 0.717) is 11.3 Å². The van der Waals surface area contributed by atoms with Gasteiger partial charge >= 0.3 is 0 Å². The van der Waals surface area contributed by atoms with Gasteiger partial charge in [0, 0.05) is 6.42 Å². The number of aromatic nitrogens is 4. The molecule has 0 aliphatic heterocycles. The Morgan fingerprint density at radius 2 is 1.81 bits per heavy atom. The molecule has 5 heteroatoms. The van der Waals surface area contributed by atoms with E-state index in [2.05, 4.69) is 24.9 Å². The molecule has 0 saturated heterocycles. The fraction of sp³-hybridized carbons (Fsp3) is 0.0909. The molecule has 78 valence electrons. The number of rotatable bonds is 2. The van der Waals surface area contributed by atoms with Crippen molar-refractivity contribution in [2.24, 2.45) is 0 Å². The first-order valence-corrected chi connectivity index (χ1v) is 4.90. The standard InChI is InChI=1S/C11H8N4O/c1-2-4-8(5-3-1)6-9-7-12-10-11(13-9)15-16-14-10/h1-5,7H,6H2. The molecule has 3 rings (SSSR count). The van der Waals surface area contributed by atoms with E-state index in [-0.39, 0.29) is 0 Å². The van der Waals surface area contributed by atoms with Crippen LogP contribution in [0.2, 0.25) is 0 Å². The van der Waals surface area contributed by atoms with E-state index in [1.807, 2.05) is 30.3 Å². The van der Waals surface area contributed by atoms with E-state index >= 15 is 0 Å². The maximum Gasteiger partial charge on any atom is 0.243 e. The lowest BCUT2D eigenvalue weighted by Gasteiger charge is -1.98. The first kappa shape index (κ1) is 8.96. The van der Waals surface area contributed by atoms with Crippen LogP contribution in [0.25, 0.3) is 11.3 Å². The quantitative estimate of drug-likeness (QED) is 0.645. The number of benzene rings is 1. The number of fused-ring (bicyclic) bond motifs is 1. The van der Waals surface area contributed by atoms with Gasteiger partial charge in [0.2, 0.25) is 11.3 Å². The molecule has 0 N–H and O–H groups in total. The highest BCUT2D eigenvalue weighted by molar-refractivity contribution is 5.62. The highest BCUT2D eigenvalue weighted by Crippen LogP contribution is 2.08. The molecule has 0 unspecified atom stereocenters.